The Morgan fingerprint density at radius 3 is 2.00 bits per heavy atom. The second kappa shape index (κ2) is 16.5. The molecular formula is C45H44N8O5. The monoisotopic (exact) mass is 776 g/mol. The maximum Gasteiger partial charge on any atom is 0.264 e. The maximum atomic E-state index is 14.6. The predicted octanol–water partition coefficient (Wildman–Crippen LogP) is 5.89. The van der Waals surface area contributed by atoms with Gasteiger partial charge in [0.25, 0.3) is 5.91 Å². The summed E-state index contributed by atoms with van der Waals surface area (Å²) < 4.78 is 1.69. The average molecular weight is 777 g/mol. The van der Waals surface area contributed by atoms with Crippen molar-refractivity contribution in [3.05, 3.63) is 149 Å². The second-order valence-electron chi connectivity index (χ2n) is 14.7. The minimum absolute atomic E-state index is 0.00859. The Morgan fingerprint density at radius 1 is 0.776 bits per heavy atom. The van der Waals surface area contributed by atoms with Crippen molar-refractivity contribution in [3.8, 4) is 0 Å². The number of allylic oxidation sites excluding steroid dienone is 1. The first kappa shape index (κ1) is 38.3. The highest BCUT2D eigenvalue weighted by atomic mass is 16.3. The van der Waals surface area contributed by atoms with Crippen molar-refractivity contribution in [2.24, 2.45) is 16.1 Å². The molecule has 0 unspecified atom stereocenters. The molecule has 5 aromatic rings. The number of rotatable bonds is 13. The first-order valence-corrected chi connectivity index (χ1v) is 19.6. The van der Waals surface area contributed by atoms with Crippen LogP contribution in [0.5, 0.6) is 0 Å². The smallest absolute Gasteiger partial charge is 0.264 e. The molecule has 2 atom stereocenters. The van der Waals surface area contributed by atoms with Gasteiger partial charge in [-0.05, 0) is 53.4 Å². The standard InChI is InChI=1S/C45H44N8O5/c1-31(10-8-9-26-50-30-35(25-27-54)46-49-50)45(58)38-28-37(53-43(56)24-21-40(48-53)34-13-6-3-7-14-34)19-22-41(38)51(44(45)57)29-32-15-17-36(18-16-32)52-42(55)23-20-39(47-52)33-11-4-2-5-12-33/h2-8,10-19,22,28,30-31,54,58H,9,20-21,23-27,29H2,1H3/b10-8+/t31-,45+/m0/s1. The van der Waals surface area contributed by atoms with Gasteiger partial charge in [0, 0.05) is 62.9 Å². The number of amides is 3. The van der Waals surface area contributed by atoms with Gasteiger partial charge < -0.3 is 15.1 Å². The molecule has 13 heteroatoms. The van der Waals surface area contributed by atoms with E-state index in [0.717, 1.165) is 28.1 Å². The van der Waals surface area contributed by atoms with Crippen molar-refractivity contribution < 1.29 is 24.6 Å². The molecule has 4 heterocycles. The highest BCUT2D eigenvalue weighted by Crippen LogP contribution is 2.47. The molecule has 0 saturated heterocycles. The van der Waals surface area contributed by atoms with E-state index in [9.17, 15) is 24.6 Å². The van der Waals surface area contributed by atoms with Crippen LogP contribution in [0.2, 0.25) is 0 Å². The van der Waals surface area contributed by atoms with Crippen LogP contribution in [-0.4, -0.2) is 61.0 Å². The van der Waals surface area contributed by atoms with Crippen molar-refractivity contribution in [2.45, 2.75) is 64.1 Å². The van der Waals surface area contributed by atoms with Crippen molar-refractivity contribution in [1.29, 1.82) is 0 Å². The third-order valence-electron chi connectivity index (χ3n) is 10.9. The van der Waals surface area contributed by atoms with Crippen LogP contribution < -0.4 is 14.9 Å². The Balaban J connectivity index is 1.08. The molecular weight excluding hydrogens is 733 g/mol. The largest absolute Gasteiger partial charge is 0.396 e. The van der Waals surface area contributed by atoms with E-state index >= 15 is 0 Å². The Hall–Kier alpha value is -6.57. The van der Waals surface area contributed by atoms with Gasteiger partial charge in [-0.3, -0.25) is 19.1 Å². The normalized spacial score (nSPS) is 18.8. The van der Waals surface area contributed by atoms with Gasteiger partial charge >= 0.3 is 0 Å². The zero-order valence-corrected chi connectivity index (χ0v) is 32.2. The van der Waals surface area contributed by atoms with Crippen LogP contribution in [0.3, 0.4) is 0 Å². The summed E-state index contributed by atoms with van der Waals surface area (Å²) >= 11 is 0. The zero-order valence-electron chi connectivity index (χ0n) is 32.2. The van der Waals surface area contributed by atoms with Crippen molar-refractivity contribution in [2.75, 3.05) is 21.5 Å². The fraction of sp³-hybridized carbons (Fsp3) is 0.267. The van der Waals surface area contributed by atoms with Gasteiger partial charge in [0.15, 0.2) is 5.60 Å². The zero-order chi connectivity index (χ0) is 40.2. The number of anilines is 3. The minimum atomic E-state index is -1.96. The summed E-state index contributed by atoms with van der Waals surface area (Å²) in [7, 11) is 0. The molecule has 1 aromatic heterocycles. The average Bonchev–Trinajstić information content (AvgIpc) is 3.79. The van der Waals surface area contributed by atoms with Crippen LogP contribution in [0.15, 0.2) is 132 Å². The molecule has 3 aliphatic heterocycles. The van der Waals surface area contributed by atoms with Gasteiger partial charge in [-0.25, -0.2) is 10.0 Å². The number of fused-ring (bicyclic) bond motifs is 1. The molecule has 0 bridgehead atoms. The summed E-state index contributed by atoms with van der Waals surface area (Å²) in [6, 6.07) is 32.1. The Morgan fingerprint density at radius 2 is 1.38 bits per heavy atom. The number of carbonyl (C=O) groups excluding carboxylic acids is 3. The van der Waals surface area contributed by atoms with Crippen LogP contribution in [0.4, 0.5) is 17.1 Å². The van der Waals surface area contributed by atoms with E-state index in [1.54, 1.807) is 40.9 Å². The molecule has 0 aliphatic carbocycles. The lowest BCUT2D eigenvalue weighted by molar-refractivity contribution is -0.139. The molecule has 0 fully saturated rings. The summed E-state index contributed by atoms with van der Waals surface area (Å²) in [5, 5.41) is 42.2. The Bertz CT molecular complexity index is 2410. The number of hydrazone groups is 2. The first-order valence-electron chi connectivity index (χ1n) is 19.6. The van der Waals surface area contributed by atoms with Gasteiger partial charge in [0.05, 0.1) is 40.7 Å². The lowest BCUT2D eigenvalue weighted by Crippen LogP contribution is -2.44. The molecule has 3 aliphatic rings. The number of hydrogen-bond acceptors (Lipinski definition) is 9. The third kappa shape index (κ3) is 7.61. The fourth-order valence-electron chi connectivity index (χ4n) is 7.66. The number of benzene rings is 4. The molecule has 13 nitrogen and oxygen atoms in total. The number of carbonyl (C=O) groups is 3. The molecule has 3 amide bonds. The van der Waals surface area contributed by atoms with Crippen LogP contribution >= 0.6 is 0 Å². The van der Waals surface area contributed by atoms with Crippen molar-refractivity contribution >= 4 is 46.2 Å². The third-order valence-corrected chi connectivity index (χ3v) is 10.9. The molecule has 58 heavy (non-hydrogen) atoms. The fourth-order valence-corrected chi connectivity index (χ4v) is 7.66. The van der Waals surface area contributed by atoms with Crippen LogP contribution in [0, 0.1) is 5.92 Å². The molecule has 8 rings (SSSR count). The van der Waals surface area contributed by atoms with Crippen molar-refractivity contribution in [1.82, 2.24) is 15.0 Å². The minimum Gasteiger partial charge on any atom is -0.396 e. The number of aliphatic hydroxyl groups excluding tert-OH is 1. The molecule has 4 aromatic carbocycles. The summed E-state index contributed by atoms with van der Waals surface area (Å²) in [4.78, 5) is 42.5. The molecule has 2 N–H and O–H groups in total. The van der Waals surface area contributed by atoms with Gasteiger partial charge in [-0.15, -0.1) is 5.10 Å². The number of aromatic nitrogens is 3. The van der Waals surface area contributed by atoms with Gasteiger partial charge in [-0.1, -0.05) is 97.1 Å². The maximum absolute atomic E-state index is 14.6. The van der Waals surface area contributed by atoms with Crippen LogP contribution in [0.1, 0.15) is 67.0 Å². The van der Waals surface area contributed by atoms with Crippen LogP contribution in [0.25, 0.3) is 0 Å². The Kier molecular flexibility index (Phi) is 10.9. The number of aryl methyl sites for hydroxylation is 1. The van der Waals surface area contributed by atoms with E-state index in [-0.39, 0.29) is 31.4 Å². The summed E-state index contributed by atoms with van der Waals surface area (Å²) in [5.74, 6) is -1.43. The summed E-state index contributed by atoms with van der Waals surface area (Å²) in [5.41, 5.74) is 5.01. The second-order valence-corrected chi connectivity index (χ2v) is 14.7. The molecule has 0 radical (unpaired) electrons. The van der Waals surface area contributed by atoms with Gasteiger partial charge in [0.1, 0.15) is 0 Å². The summed E-state index contributed by atoms with van der Waals surface area (Å²) in [6.07, 6.45) is 8.19. The first-order chi connectivity index (χ1) is 28.2. The van der Waals surface area contributed by atoms with Gasteiger partial charge in [0.2, 0.25) is 11.8 Å². The number of aliphatic hydroxyl groups is 2. The summed E-state index contributed by atoms with van der Waals surface area (Å²) in [6.45, 7) is 2.47. The lowest BCUT2D eigenvalue weighted by atomic mass is 9.82. The van der Waals surface area contributed by atoms with Gasteiger partial charge in [-0.2, -0.15) is 10.2 Å². The Labute approximate surface area is 336 Å². The van der Waals surface area contributed by atoms with Crippen molar-refractivity contribution in [3.63, 3.8) is 0 Å². The number of nitrogens with zero attached hydrogens (tertiary/aromatic N) is 8. The van der Waals surface area contributed by atoms with E-state index < -0.39 is 17.4 Å². The van der Waals surface area contributed by atoms with Crippen LogP contribution in [-0.2, 0) is 39.5 Å². The lowest BCUT2D eigenvalue weighted by Gasteiger charge is -2.28. The molecule has 294 valence electrons. The van der Waals surface area contributed by atoms with E-state index in [1.807, 2.05) is 97.1 Å². The molecule has 0 spiro atoms. The van der Waals surface area contributed by atoms with E-state index in [4.69, 9.17) is 5.10 Å². The highest BCUT2D eigenvalue weighted by Gasteiger charge is 2.53. The predicted molar refractivity (Wildman–Crippen MR) is 221 cm³/mol. The van der Waals surface area contributed by atoms with E-state index in [1.165, 1.54) is 10.0 Å². The molecule has 0 saturated carbocycles. The highest BCUT2D eigenvalue weighted by molar-refractivity contribution is 6.11. The number of hydrogen-bond donors (Lipinski definition) is 2. The van der Waals surface area contributed by atoms with E-state index in [0.29, 0.717) is 67.0 Å². The topological polar surface area (TPSA) is 157 Å². The SMILES string of the molecule is C[C@@H](/C=C/CCn1cc(CCO)nn1)[C@]1(O)C(=O)N(Cc2ccc(N3N=C(c4ccccc4)CCC3=O)cc2)c2ccc(N3N=C(c4ccccc4)CCC3=O)cc21. The van der Waals surface area contributed by atoms with E-state index in [2.05, 4.69) is 15.4 Å². The quantitative estimate of drug-likeness (QED) is 0.141.